The van der Waals surface area contributed by atoms with Crippen LogP contribution >= 0.6 is 0 Å². The fraction of sp³-hybridized carbons (Fsp3) is 0.667. The number of rotatable bonds is 19. The Kier molecular flexibility index (Phi) is 13.7. The van der Waals surface area contributed by atoms with Crippen molar-refractivity contribution in [3.8, 4) is 17.2 Å². The summed E-state index contributed by atoms with van der Waals surface area (Å²) in [6, 6.07) is 2.61. The molecule has 0 aliphatic carbocycles. The Bertz CT molecular complexity index is 1170. The molecule has 0 fully saturated rings. The highest BCUT2D eigenvalue weighted by molar-refractivity contribution is 7.86. The molecule has 0 bridgehead atoms. The number of benzene rings is 1. The van der Waals surface area contributed by atoms with E-state index in [-0.39, 0.29) is 61.9 Å². The van der Waals surface area contributed by atoms with Crippen molar-refractivity contribution < 1.29 is 57.9 Å². The van der Waals surface area contributed by atoms with Gasteiger partial charge in [-0.1, -0.05) is 13.8 Å². The van der Waals surface area contributed by atoms with Crippen molar-refractivity contribution in [2.24, 2.45) is 5.92 Å². The van der Waals surface area contributed by atoms with Crippen LogP contribution < -0.4 is 19.5 Å². The molecule has 17 heteroatoms. The quantitative estimate of drug-likeness (QED) is 0.130. The maximum absolute atomic E-state index is 12.8. The average Bonchev–Trinajstić information content (AvgIpc) is 2.75. The van der Waals surface area contributed by atoms with E-state index >= 15 is 0 Å². The summed E-state index contributed by atoms with van der Waals surface area (Å²) in [4.78, 5) is 12.8. The fourth-order valence-corrected chi connectivity index (χ4v) is 4.35. The minimum absolute atomic E-state index is 0.0616. The number of hydrogen-bond donors (Lipinski definition) is 4. The van der Waals surface area contributed by atoms with E-state index in [1.54, 1.807) is 0 Å². The maximum Gasteiger partial charge on any atom is 0.264 e. The van der Waals surface area contributed by atoms with Gasteiger partial charge in [-0.25, -0.2) is 0 Å². The summed E-state index contributed by atoms with van der Waals surface area (Å²) < 4.78 is 110. The van der Waals surface area contributed by atoms with Gasteiger partial charge in [0.05, 0.1) is 37.1 Å². The Morgan fingerprint density at radius 2 is 1.16 bits per heavy atom. The molecule has 0 heterocycles. The molecule has 0 unspecified atom stereocenters. The van der Waals surface area contributed by atoms with Crippen LogP contribution in [0.2, 0.25) is 0 Å². The first-order valence-corrected chi connectivity index (χ1v) is 16.5. The van der Waals surface area contributed by atoms with Crippen LogP contribution in [0, 0.1) is 5.92 Å². The molecule has 38 heavy (non-hydrogen) atoms. The summed E-state index contributed by atoms with van der Waals surface area (Å²) in [6.45, 7) is 3.67. The minimum Gasteiger partial charge on any atom is -0.489 e. The summed E-state index contributed by atoms with van der Waals surface area (Å²) in [5, 5.41) is 2.74. The van der Waals surface area contributed by atoms with Crippen LogP contribution in [0.3, 0.4) is 0 Å². The van der Waals surface area contributed by atoms with Gasteiger partial charge in [-0.3, -0.25) is 18.5 Å². The lowest BCUT2D eigenvalue weighted by Crippen LogP contribution is -2.25. The van der Waals surface area contributed by atoms with E-state index in [9.17, 15) is 30.0 Å². The molecule has 0 atom stereocenters. The highest BCUT2D eigenvalue weighted by Gasteiger charge is 2.20. The molecule has 1 aromatic carbocycles. The topological polar surface area (TPSA) is 220 Å². The smallest absolute Gasteiger partial charge is 0.264 e. The van der Waals surface area contributed by atoms with Crippen molar-refractivity contribution in [3.63, 3.8) is 0 Å². The standard InChI is InChI=1S/C21H35NO13S3/c1-16(2)6-7-22-21(23)17-14-18(33-8-3-11-36(24,25)26)20(35-10-5-13-38(30,31)32)19(15-17)34-9-4-12-37(27,28)29/h14-16H,3-13H2,1-2H3,(H,22,23)(H,24,25,26)(H,27,28,29)(H,30,31,32). The predicted octanol–water partition coefficient (Wildman–Crippen LogP) is 1.43. The maximum atomic E-state index is 12.8. The van der Waals surface area contributed by atoms with Gasteiger partial charge >= 0.3 is 0 Å². The SMILES string of the molecule is CC(C)CCNC(=O)c1cc(OCCCS(=O)(=O)O)c(OCCCS(=O)(=O)O)c(OCCCS(=O)(=O)O)c1. The molecule has 0 aromatic heterocycles. The van der Waals surface area contributed by atoms with Gasteiger partial charge in [0.2, 0.25) is 5.75 Å². The van der Waals surface area contributed by atoms with Crippen LogP contribution in [0.1, 0.15) is 49.9 Å². The molecule has 0 spiro atoms. The third-order valence-electron chi connectivity index (χ3n) is 4.69. The number of ether oxygens (including phenoxy) is 3. The molecular weight excluding hydrogens is 570 g/mol. The first-order valence-electron chi connectivity index (χ1n) is 11.7. The van der Waals surface area contributed by atoms with Crippen LogP contribution in [-0.4, -0.2) is 88.4 Å². The number of carbonyl (C=O) groups is 1. The van der Waals surface area contributed by atoms with Crippen molar-refractivity contribution in [1.29, 1.82) is 0 Å². The number of amides is 1. The summed E-state index contributed by atoms with van der Waals surface area (Å²) in [7, 11) is -12.7. The second-order valence-electron chi connectivity index (χ2n) is 8.70. The first-order chi connectivity index (χ1) is 17.5. The van der Waals surface area contributed by atoms with Crippen molar-refractivity contribution in [3.05, 3.63) is 17.7 Å². The minimum atomic E-state index is -4.25. The molecule has 0 saturated carbocycles. The average molecular weight is 606 g/mol. The summed E-state index contributed by atoms with van der Waals surface area (Å²) in [6.07, 6.45) is 0.353. The van der Waals surface area contributed by atoms with Gasteiger partial charge in [0.15, 0.2) is 11.5 Å². The normalized spacial score (nSPS) is 12.4. The Balaban J connectivity index is 3.26. The van der Waals surface area contributed by atoms with E-state index in [4.69, 9.17) is 27.9 Å². The third kappa shape index (κ3) is 15.9. The van der Waals surface area contributed by atoms with Crippen LogP contribution in [0.4, 0.5) is 0 Å². The number of hydrogen-bond acceptors (Lipinski definition) is 10. The highest BCUT2D eigenvalue weighted by Crippen LogP contribution is 2.39. The van der Waals surface area contributed by atoms with E-state index in [2.05, 4.69) is 5.32 Å². The second-order valence-corrected chi connectivity index (χ2v) is 13.4. The lowest BCUT2D eigenvalue weighted by molar-refractivity contribution is 0.0950. The first kappa shape index (κ1) is 33.8. The van der Waals surface area contributed by atoms with Crippen LogP contribution in [0.5, 0.6) is 17.2 Å². The molecule has 0 aliphatic rings. The van der Waals surface area contributed by atoms with Gasteiger partial charge in [0.1, 0.15) is 0 Å². The van der Waals surface area contributed by atoms with E-state index in [1.807, 2.05) is 13.8 Å². The van der Waals surface area contributed by atoms with Crippen molar-refractivity contribution in [2.75, 3.05) is 43.6 Å². The van der Waals surface area contributed by atoms with Crippen molar-refractivity contribution in [1.82, 2.24) is 5.32 Å². The van der Waals surface area contributed by atoms with E-state index in [0.29, 0.717) is 18.9 Å². The van der Waals surface area contributed by atoms with Gasteiger partial charge in [0.25, 0.3) is 36.3 Å². The zero-order chi connectivity index (χ0) is 29.0. The molecule has 1 aromatic rings. The third-order valence-corrected chi connectivity index (χ3v) is 7.11. The summed E-state index contributed by atoms with van der Waals surface area (Å²) >= 11 is 0. The Labute approximate surface area is 223 Å². The molecule has 0 radical (unpaired) electrons. The Hall–Kier alpha value is -2.18. The zero-order valence-corrected chi connectivity index (χ0v) is 23.6. The molecule has 1 amide bonds. The fourth-order valence-electron chi connectivity index (χ4n) is 2.90. The molecule has 0 saturated heterocycles. The van der Waals surface area contributed by atoms with Gasteiger partial charge < -0.3 is 19.5 Å². The van der Waals surface area contributed by atoms with Crippen LogP contribution in [0.25, 0.3) is 0 Å². The monoisotopic (exact) mass is 605 g/mol. The lowest BCUT2D eigenvalue weighted by atomic mass is 10.1. The van der Waals surface area contributed by atoms with E-state index in [1.165, 1.54) is 12.1 Å². The second kappa shape index (κ2) is 15.4. The van der Waals surface area contributed by atoms with Crippen molar-refractivity contribution in [2.45, 2.75) is 39.5 Å². The van der Waals surface area contributed by atoms with E-state index in [0.717, 1.165) is 0 Å². The lowest BCUT2D eigenvalue weighted by Gasteiger charge is -2.19. The van der Waals surface area contributed by atoms with Gasteiger partial charge in [-0.05, 0) is 43.7 Å². The number of nitrogens with one attached hydrogen (secondary N) is 1. The molecule has 14 nitrogen and oxygen atoms in total. The predicted molar refractivity (Wildman–Crippen MR) is 138 cm³/mol. The highest BCUT2D eigenvalue weighted by atomic mass is 32.2. The summed E-state index contributed by atoms with van der Waals surface area (Å²) in [5.41, 5.74) is 0.0774. The van der Waals surface area contributed by atoms with Gasteiger partial charge in [0, 0.05) is 12.1 Å². The summed E-state index contributed by atoms with van der Waals surface area (Å²) in [5.74, 6) is -2.15. The van der Waals surface area contributed by atoms with Crippen LogP contribution in [-0.2, 0) is 30.4 Å². The van der Waals surface area contributed by atoms with Crippen LogP contribution in [0.15, 0.2) is 12.1 Å². The molecule has 0 aliphatic heterocycles. The molecular formula is C21H35NO13S3. The van der Waals surface area contributed by atoms with E-state index < -0.39 is 53.5 Å². The molecule has 1 rings (SSSR count). The molecule has 4 N–H and O–H groups in total. The van der Waals surface area contributed by atoms with Crippen molar-refractivity contribution >= 4 is 36.3 Å². The van der Waals surface area contributed by atoms with Gasteiger partial charge in [-0.2, -0.15) is 25.3 Å². The Morgan fingerprint density at radius 3 is 1.53 bits per heavy atom. The molecule has 220 valence electrons. The van der Waals surface area contributed by atoms with Gasteiger partial charge in [-0.15, -0.1) is 0 Å². The Morgan fingerprint density at radius 1 is 0.763 bits per heavy atom. The number of carbonyl (C=O) groups excluding carboxylic acids is 1. The zero-order valence-electron chi connectivity index (χ0n) is 21.2. The largest absolute Gasteiger partial charge is 0.489 e.